The van der Waals surface area contributed by atoms with Gasteiger partial charge in [0.05, 0.1) is 45.6 Å². The van der Waals surface area contributed by atoms with Gasteiger partial charge in [0.1, 0.15) is 11.6 Å². The lowest BCUT2D eigenvalue weighted by Crippen LogP contribution is -3.13. The predicted octanol–water partition coefficient (Wildman–Crippen LogP) is 2.55. The van der Waals surface area contributed by atoms with Crippen LogP contribution in [0.1, 0.15) is 14.7 Å². The Morgan fingerprint density at radius 3 is 2.67 bits per heavy atom. The standard InChI is InChI=1S/C17H16ClN3OS2/c18-15-6-5-14(23-15)17(22)21-9-7-20(8-10-21)11-16-19-12-3-1-2-4-13(12)24-16/h1-6H,7-11H2/p+1. The molecule has 0 unspecified atom stereocenters. The van der Waals surface area contributed by atoms with Crippen molar-refractivity contribution in [3.8, 4) is 0 Å². The highest BCUT2D eigenvalue weighted by Crippen LogP contribution is 2.23. The maximum absolute atomic E-state index is 12.5. The number of benzene rings is 1. The maximum Gasteiger partial charge on any atom is 0.264 e. The van der Waals surface area contributed by atoms with E-state index in [1.165, 1.54) is 25.9 Å². The monoisotopic (exact) mass is 378 g/mol. The Bertz CT molecular complexity index is 834. The number of nitrogens with zero attached hydrogens (tertiary/aromatic N) is 2. The van der Waals surface area contributed by atoms with Crippen molar-refractivity contribution in [3.05, 3.63) is 50.6 Å². The molecule has 1 aliphatic heterocycles. The summed E-state index contributed by atoms with van der Waals surface area (Å²) in [5.74, 6) is 0.103. The predicted molar refractivity (Wildman–Crippen MR) is 99.3 cm³/mol. The number of hydrogen-bond donors (Lipinski definition) is 1. The Morgan fingerprint density at radius 2 is 1.96 bits per heavy atom. The van der Waals surface area contributed by atoms with Gasteiger partial charge < -0.3 is 9.80 Å². The second-order valence-electron chi connectivity index (χ2n) is 5.90. The Balaban J connectivity index is 1.36. The zero-order valence-electron chi connectivity index (χ0n) is 13.0. The molecule has 0 bridgehead atoms. The molecule has 24 heavy (non-hydrogen) atoms. The number of amides is 1. The first-order valence-electron chi connectivity index (χ1n) is 7.92. The third-order valence-electron chi connectivity index (χ3n) is 4.28. The molecule has 0 saturated carbocycles. The van der Waals surface area contributed by atoms with Crippen LogP contribution < -0.4 is 4.90 Å². The zero-order valence-corrected chi connectivity index (χ0v) is 15.4. The number of thiazole rings is 1. The molecule has 3 aromatic rings. The fourth-order valence-electron chi connectivity index (χ4n) is 3.00. The molecule has 0 spiro atoms. The largest absolute Gasteiger partial charge is 0.327 e. The van der Waals surface area contributed by atoms with E-state index in [0.717, 1.165) is 43.1 Å². The number of halogens is 1. The maximum atomic E-state index is 12.5. The van der Waals surface area contributed by atoms with Crippen molar-refractivity contribution in [1.82, 2.24) is 9.88 Å². The second kappa shape index (κ2) is 6.80. The number of quaternary nitrogens is 1. The van der Waals surface area contributed by atoms with E-state index >= 15 is 0 Å². The molecule has 4 nitrogen and oxygen atoms in total. The average Bonchev–Trinajstić information content (AvgIpc) is 3.20. The number of carbonyl (C=O) groups excluding carboxylic acids is 1. The molecule has 0 atom stereocenters. The molecule has 1 aliphatic rings. The molecule has 1 fully saturated rings. The molecule has 2 aromatic heterocycles. The molecular formula is C17H17ClN3OS2+. The fraction of sp³-hybridized carbons (Fsp3) is 0.294. The minimum absolute atomic E-state index is 0.103. The highest BCUT2D eigenvalue weighted by molar-refractivity contribution is 7.18. The molecule has 3 heterocycles. The van der Waals surface area contributed by atoms with Gasteiger partial charge in [-0.2, -0.15) is 0 Å². The molecular weight excluding hydrogens is 362 g/mol. The van der Waals surface area contributed by atoms with Crippen molar-refractivity contribution in [1.29, 1.82) is 0 Å². The number of thiophene rings is 1. The normalized spacial score (nSPS) is 16.0. The topological polar surface area (TPSA) is 37.6 Å². The number of rotatable bonds is 3. The lowest BCUT2D eigenvalue weighted by Gasteiger charge is -2.31. The summed E-state index contributed by atoms with van der Waals surface area (Å²) in [6, 6.07) is 11.9. The van der Waals surface area contributed by atoms with Crippen LogP contribution in [0.25, 0.3) is 10.2 Å². The minimum Gasteiger partial charge on any atom is -0.327 e. The summed E-state index contributed by atoms with van der Waals surface area (Å²) in [7, 11) is 0. The van der Waals surface area contributed by atoms with Gasteiger partial charge in [-0.25, -0.2) is 4.98 Å². The van der Waals surface area contributed by atoms with Gasteiger partial charge in [-0.05, 0) is 24.3 Å². The quantitative estimate of drug-likeness (QED) is 0.760. The minimum atomic E-state index is 0.103. The fourth-order valence-corrected chi connectivity index (χ4v) is 5.05. The van der Waals surface area contributed by atoms with Crippen LogP contribution in [-0.4, -0.2) is 42.0 Å². The molecule has 1 saturated heterocycles. The summed E-state index contributed by atoms with van der Waals surface area (Å²) < 4.78 is 1.91. The number of fused-ring (bicyclic) bond motifs is 1. The number of aromatic nitrogens is 1. The van der Waals surface area contributed by atoms with Crippen molar-refractivity contribution in [2.24, 2.45) is 0 Å². The van der Waals surface area contributed by atoms with Gasteiger partial charge in [-0.1, -0.05) is 23.7 Å². The van der Waals surface area contributed by atoms with Crippen molar-refractivity contribution in [3.63, 3.8) is 0 Å². The Morgan fingerprint density at radius 1 is 1.17 bits per heavy atom. The van der Waals surface area contributed by atoms with Crippen molar-refractivity contribution >= 4 is 50.4 Å². The highest BCUT2D eigenvalue weighted by Gasteiger charge is 2.26. The van der Waals surface area contributed by atoms with E-state index < -0.39 is 0 Å². The van der Waals surface area contributed by atoms with Crippen LogP contribution in [0.3, 0.4) is 0 Å². The van der Waals surface area contributed by atoms with Gasteiger partial charge in [0, 0.05) is 0 Å². The summed E-state index contributed by atoms with van der Waals surface area (Å²) in [4.78, 5) is 21.3. The van der Waals surface area contributed by atoms with Crippen molar-refractivity contribution < 1.29 is 9.69 Å². The highest BCUT2D eigenvalue weighted by atomic mass is 35.5. The molecule has 7 heteroatoms. The average molecular weight is 379 g/mol. The van der Waals surface area contributed by atoms with E-state index in [9.17, 15) is 4.79 Å². The number of piperazine rings is 1. The first kappa shape index (κ1) is 16.0. The number of hydrogen-bond acceptors (Lipinski definition) is 4. The van der Waals surface area contributed by atoms with Crippen LogP contribution >= 0.6 is 34.3 Å². The van der Waals surface area contributed by atoms with E-state index in [0.29, 0.717) is 4.34 Å². The molecule has 124 valence electrons. The van der Waals surface area contributed by atoms with Gasteiger partial charge in [0.2, 0.25) is 0 Å². The summed E-state index contributed by atoms with van der Waals surface area (Å²) in [5.41, 5.74) is 1.08. The van der Waals surface area contributed by atoms with Gasteiger partial charge in [-0.3, -0.25) is 4.79 Å². The van der Waals surface area contributed by atoms with Gasteiger partial charge in [-0.15, -0.1) is 22.7 Å². The van der Waals surface area contributed by atoms with E-state index in [-0.39, 0.29) is 5.91 Å². The Kier molecular flexibility index (Phi) is 4.54. The van der Waals surface area contributed by atoms with Crippen LogP contribution in [0.2, 0.25) is 4.34 Å². The van der Waals surface area contributed by atoms with Crippen molar-refractivity contribution in [2.75, 3.05) is 26.2 Å². The third kappa shape index (κ3) is 3.32. The molecule has 4 rings (SSSR count). The Hall–Kier alpha value is -1.47. The lowest BCUT2D eigenvalue weighted by atomic mass is 10.3. The molecule has 1 amide bonds. The second-order valence-corrected chi connectivity index (χ2v) is 8.73. The van der Waals surface area contributed by atoms with E-state index in [4.69, 9.17) is 16.6 Å². The number of para-hydroxylation sites is 1. The number of nitrogens with one attached hydrogen (secondary N) is 1. The first-order chi connectivity index (χ1) is 11.7. The smallest absolute Gasteiger partial charge is 0.264 e. The van der Waals surface area contributed by atoms with E-state index in [1.807, 2.05) is 17.0 Å². The van der Waals surface area contributed by atoms with Crippen LogP contribution in [0.5, 0.6) is 0 Å². The summed E-state index contributed by atoms with van der Waals surface area (Å²) in [6.07, 6.45) is 0. The molecule has 1 aromatic carbocycles. The zero-order chi connectivity index (χ0) is 16.5. The number of carbonyl (C=O) groups is 1. The van der Waals surface area contributed by atoms with E-state index in [1.54, 1.807) is 17.4 Å². The van der Waals surface area contributed by atoms with Crippen LogP contribution in [0, 0.1) is 0 Å². The van der Waals surface area contributed by atoms with Crippen molar-refractivity contribution in [2.45, 2.75) is 6.54 Å². The van der Waals surface area contributed by atoms with Crippen LogP contribution in [-0.2, 0) is 6.54 Å². The van der Waals surface area contributed by atoms with Gasteiger partial charge in [0.15, 0.2) is 0 Å². The van der Waals surface area contributed by atoms with Gasteiger partial charge in [0.25, 0.3) is 5.91 Å². The van der Waals surface area contributed by atoms with E-state index in [2.05, 4.69) is 18.2 Å². The molecule has 1 N–H and O–H groups in total. The lowest BCUT2D eigenvalue weighted by molar-refractivity contribution is -0.917. The molecule has 0 aliphatic carbocycles. The van der Waals surface area contributed by atoms with Crippen LogP contribution in [0.4, 0.5) is 0 Å². The van der Waals surface area contributed by atoms with Crippen LogP contribution in [0.15, 0.2) is 36.4 Å². The first-order valence-corrected chi connectivity index (χ1v) is 9.93. The Labute approximate surface area is 153 Å². The molecule has 0 radical (unpaired) electrons. The third-order valence-corrected chi connectivity index (χ3v) is 6.54. The van der Waals surface area contributed by atoms with Gasteiger partial charge >= 0.3 is 0 Å². The summed E-state index contributed by atoms with van der Waals surface area (Å²) >= 11 is 9.05. The SMILES string of the molecule is O=C(c1ccc(Cl)s1)N1CC[NH+](Cc2nc3ccccc3s2)CC1. The summed E-state index contributed by atoms with van der Waals surface area (Å²) in [5, 5.41) is 1.18. The summed E-state index contributed by atoms with van der Waals surface area (Å²) in [6.45, 7) is 4.43.